The number of aliphatic hydroxyl groups is 1. The van der Waals surface area contributed by atoms with Crippen molar-refractivity contribution in [3.63, 3.8) is 0 Å². The zero-order valence-electron chi connectivity index (χ0n) is 11.4. The van der Waals surface area contributed by atoms with Gasteiger partial charge < -0.3 is 10.4 Å². The fourth-order valence-corrected chi connectivity index (χ4v) is 2.41. The van der Waals surface area contributed by atoms with Crippen molar-refractivity contribution < 1.29 is 9.90 Å². The monoisotopic (exact) mass is 297 g/mol. The molecule has 3 nitrogen and oxygen atoms in total. The Morgan fingerprint density at radius 1 is 1.10 bits per heavy atom. The van der Waals surface area contributed by atoms with Gasteiger partial charge in [-0.2, -0.15) is 0 Å². The van der Waals surface area contributed by atoms with Crippen LogP contribution in [-0.4, -0.2) is 23.4 Å². The van der Waals surface area contributed by atoms with Crippen LogP contribution in [0.2, 0.25) is 0 Å². The summed E-state index contributed by atoms with van der Waals surface area (Å²) in [4.78, 5) is 13.0. The van der Waals surface area contributed by atoms with Gasteiger partial charge in [-0.3, -0.25) is 4.79 Å². The van der Waals surface area contributed by atoms with Crippen LogP contribution in [0.3, 0.4) is 0 Å². The third-order valence-corrected chi connectivity index (χ3v) is 3.63. The second-order valence-corrected chi connectivity index (χ2v) is 5.20. The van der Waals surface area contributed by atoms with Crippen LogP contribution in [0.15, 0.2) is 59.5 Å². The van der Waals surface area contributed by atoms with Gasteiger partial charge in [0.1, 0.15) is 6.61 Å². The van der Waals surface area contributed by atoms with E-state index in [9.17, 15) is 4.79 Å². The van der Waals surface area contributed by atoms with Crippen LogP contribution in [0.1, 0.15) is 5.56 Å². The maximum Gasteiger partial charge on any atom is 0.234 e. The minimum Gasteiger partial charge on any atom is -0.384 e. The van der Waals surface area contributed by atoms with Gasteiger partial charge in [-0.05, 0) is 24.3 Å². The standard InChI is InChI=1S/C17H15NO2S/c19-12-6-8-14-7-4-5-11-16(14)18-17(20)13-21-15-9-2-1-3-10-15/h1-5,7,9-11,19H,12-13H2,(H,18,20). The van der Waals surface area contributed by atoms with Gasteiger partial charge in [0, 0.05) is 10.5 Å². The van der Waals surface area contributed by atoms with Gasteiger partial charge in [-0.1, -0.05) is 42.2 Å². The summed E-state index contributed by atoms with van der Waals surface area (Å²) in [6.45, 7) is -0.202. The van der Waals surface area contributed by atoms with Crippen molar-refractivity contribution in [1.82, 2.24) is 0 Å². The number of rotatable bonds is 4. The van der Waals surface area contributed by atoms with Crippen LogP contribution < -0.4 is 5.32 Å². The molecular weight excluding hydrogens is 282 g/mol. The summed E-state index contributed by atoms with van der Waals surface area (Å²) in [6, 6.07) is 17.1. The molecule has 0 fully saturated rings. The molecule has 2 aromatic rings. The number of amides is 1. The number of anilines is 1. The SMILES string of the molecule is O=C(CSc1ccccc1)Nc1ccccc1C#CCO. The molecule has 0 heterocycles. The van der Waals surface area contributed by atoms with E-state index in [0.717, 1.165) is 4.90 Å². The van der Waals surface area contributed by atoms with Crippen LogP contribution in [0.25, 0.3) is 0 Å². The molecule has 2 rings (SSSR count). The van der Waals surface area contributed by atoms with Crippen LogP contribution >= 0.6 is 11.8 Å². The Balaban J connectivity index is 1.97. The van der Waals surface area contributed by atoms with Gasteiger partial charge in [0.2, 0.25) is 5.91 Å². The first kappa shape index (κ1) is 15.2. The number of carbonyl (C=O) groups excluding carboxylic acids is 1. The van der Waals surface area contributed by atoms with E-state index in [1.165, 1.54) is 11.8 Å². The molecule has 1 amide bonds. The lowest BCUT2D eigenvalue weighted by Gasteiger charge is -2.07. The number of benzene rings is 2. The highest BCUT2D eigenvalue weighted by molar-refractivity contribution is 8.00. The predicted molar refractivity (Wildman–Crippen MR) is 86.2 cm³/mol. The largest absolute Gasteiger partial charge is 0.384 e. The second kappa shape index (κ2) is 8.15. The Kier molecular flexibility index (Phi) is 5.89. The highest BCUT2D eigenvalue weighted by atomic mass is 32.2. The molecule has 21 heavy (non-hydrogen) atoms. The van der Waals surface area contributed by atoms with Crippen molar-refractivity contribution in [1.29, 1.82) is 0 Å². The Bertz CT molecular complexity index is 659. The van der Waals surface area contributed by atoms with Crippen molar-refractivity contribution in [3.05, 3.63) is 60.2 Å². The van der Waals surface area contributed by atoms with E-state index in [1.807, 2.05) is 48.5 Å². The number of thioether (sulfide) groups is 1. The van der Waals surface area contributed by atoms with Gasteiger partial charge >= 0.3 is 0 Å². The number of para-hydroxylation sites is 1. The fraction of sp³-hybridized carbons (Fsp3) is 0.118. The molecule has 0 bridgehead atoms. The lowest BCUT2D eigenvalue weighted by Crippen LogP contribution is -2.14. The third-order valence-electron chi connectivity index (χ3n) is 2.62. The highest BCUT2D eigenvalue weighted by Gasteiger charge is 2.06. The molecule has 0 atom stereocenters. The highest BCUT2D eigenvalue weighted by Crippen LogP contribution is 2.18. The second-order valence-electron chi connectivity index (χ2n) is 4.16. The topological polar surface area (TPSA) is 49.3 Å². The Morgan fingerprint density at radius 3 is 2.57 bits per heavy atom. The lowest BCUT2D eigenvalue weighted by atomic mass is 10.2. The zero-order valence-corrected chi connectivity index (χ0v) is 12.2. The Labute approximate surface area is 128 Å². The van der Waals surface area contributed by atoms with Gasteiger partial charge in [0.25, 0.3) is 0 Å². The number of aliphatic hydroxyl groups excluding tert-OH is 1. The predicted octanol–water partition coefficient (Wildman–Crippen LogP) is 2.76. The summed E-state index contributed by atoms with van der Waals surface area (Å²) in [7, 11) is 0. The van der Waals surface area contributed by atoms with Crippen LogP contribution in [0.4, 0.5) is 5.69 Å². The van der Waals surface area contributed by atoms with Crippen LogP contribution in [0, 0.1) is 11.8 Å². The molecule has 0 saturated carbocycles. The number of hydrogen-bond acceptors (Lipinski definition) is 3. The average molecular weight is 297 g/mol. The van der Waals surface area contributed by atoms with E-state index >= 15 is 0 Å². The smallest absolute Gasteiger partial charge is 0.234 e. The number of carbonyl (C=O) groups is 1. The summed E-state index contributed by atoms with van der Waals surface area (Å²) >= 11 is 1.48. The van der Waals surface area contributed by atoms with Gasteiger partial charge in [0.15, 0.2) is 0 Å². The maximum absolute atomic E-state index is 12.0. The quantitative estimate of drug-likeness (QED) is 0.674. The first-order chi connectivity index (χ1) is 10.3. The van der Waals surface area contributed by atoms with E-state index < -0.39 is 0 Å². The molecular formula is C17H15NO2S. The molecule has 0 aromatic heterocycles. The van der Waals surface area contributed by atoms with Gasteiger partial charge in [-0.25, -0.2) is 0 Å². The van der Waals surface area contributed by atoms with E-state index in [-0.39, 0.29) is 12.5 Å². The summed E-state index contributed by atoms with van der Waals surface area (Å²) in [5.41, 5.74) is 1.36. The first-order valence-corrected chi connectivity index (χ1v) is 7.44. The van der Waals surface area contributed by atoms with Crippen molar-refractivity contribution in [2.24, 2.45) is 0 Å². The molecule has 0 radical (unpaired) electrons. The van der Waals surface area contributed by atoms with E-state index in [4.69, 9.17) is 5.11 Å². The molecule has 0 saturated heterocycles. The molecule has 2 aromatic carbocycles. The minimum atomic E-state index is -0.202. The average Bonchev–Trinajstić information content (AvgIpc) is 2.53. The van der Waals surface area contributed by atoms with Crippen molar-refractivity contribution in [2.45, 2.75) is 4.90 Å². The van der Waals surface area contributed by atoms with E-state index in [2.05, 4.69) is 17.2 Å². The maximum atomic E-state index is 12.0. The Morgan fingerprint density at radius 2 is 1.81 bits per heavy atom. The molecule has 0 unspecified atom stereocenters. The molecule has 0 aliphatic rings. The lowest BCUT2D eigenvalue weighted by molar-refractivity contribution is -0.113. The molecule has 0 aliphatic carbocycles. The first-order valence-electron chi connectivity index (χ1n) is 6.46. The Hall–Kier alpha value is -2.22. The van der Waals surface area contributed by atoms with E-state index in [1.54, 1.807) is 6.07 Å². The van der Waals surface area contributed by atoms with Crippen molar-refractivity contribution >= 4 is 23.4 Å². The molecule has 4 heteroatoms. The number of nitrogens with one attached hydrogen (secondary N) is 1. The summed E-state index contributed by atoms with van der Waals surface area (Å²) in [5, 5.41) is 11.6. The summed E-state index contributed by atoms with van der Waals surface area (Å²) in [5.74, 6) is 5.66. The molecule has 0 aliphatic heterocycles. The summed E-state index contributed by atoms with van der Waals surface area (Å²) in [6.07, 6.45) is 0. The molecule has 2 N–H and O–H groups in total. The molecule has 0 spiro atoms. The third kappa shape index (κ3) is 4.99. The van der Waals surface area contributed by atoms with Gasteiger partial charge in [0.05, 0.1) is 11.4 Å². The zero-order chi connectivity index (χ0) is 14.9. The van der Waals surface area contributed by atoms with Gasteiger partial charge in [-0.15, -0.1) is 11.8 Å². The van der Waals surface area contributed by atoms with Crippen molar-refractivity contribution in [2.75, 3.05) is 17.7 Å². The van der Waals surface area contributed by atoms with E-state index in [0.29, 0.717) is 17.0 Å². The normalized spacial score (nSPS) is 9.57. The van der Waals surface area contributed by atoms with Crippen molar-refractivity contribution in [3.8, 4) is 11.8 Å². The fourth-order valence-electron chi connectivity index (χ4n) is 1.69. The number of hydrogen-bond donors (Lipinski definition) is 2. The minimum absolute atomic E-state index is 0.0814. The summed E-state index contributed by atoms with van der Waals surface area (Å²) < 4.78 is 0. The van der Waals surface area contributed by atoms with Crippen LogP contribution in [0.5, 0.6) is 0 Å². The molecule has 106 valence electrons. The van der Waals surface area contributed by atoms with Crippen LogP contribution in [-0.2, 0) is 4.79 Å².